The first-order valence-electron chi connectivity index (χ1n) is 8.63. The number of hydrogen-bond donors (Lipinski definition) is 1. The lowest BCUT2D eigenvalue weighted by molar-refractivity contribution is -0.115. The molecule has 2 aliphatic rings. The zero-order valence-corrected chi connectivity index (χ0v) is 15.4. The summed E-state index contributed by atoms with van der Waals surface area (Å²) in [4.78, 5) is 14.4. The third kappa shape index (κ3) is 3.28. The lowest BCUT2D eigenvalue weighted by Gasteiger charge is -2.52. The average molecular weight is 361 g/mol. The van der Waals surface area contributed by atoms with Crippen molar-refractivity contribution in [2.75, 3.05) is 31.1 Å². The lowest BCUT2D eigenvalue weighted by Crippen LogP contribution is -2.65. The van der Waals surface area contributed by atoms with E-state index >= 15 is 0 Å². The first kappa shape index (κ1) is 16.5. The predicted octanol–water partition coefficient (Wildman–Crippen LogP) is 1.60. The van der Waals surface area contributed by atoms with Gasteiger partial charge in [0.2, 0.25) is 5.13 Å². The van der Waals surface area contributed by atoms with Crippen LogP contribution in [0.2, 0.25) is 0 Å². The Morgan fingerprint density at radius 1 is 1.48 bits per heavy atom. The largest absolute Gasteiger partial charge is 0.371 e. The summed E-state index contributed by atoms with van der Waals surface area (Å²) >= 11 is 1.63. The monoisotopic (exact) mass is 361 g/mol. The maximum atomic E-state index is 12.2. The van der Waals surface area contributed by atoms with E-state index < -0.39 is 0 Å². The number of carbonyl (C=O) groups excluding carboxylic acids is 1. The van der Waals surface area contributed by atoms with Crippen LogP contribution in [0.4, 0.5) is 5.13 Å². The Bertz CT molecular complexity index is 755. The van der Waals surface area contributed by atoms with Gasteiger partial charge in [0, 0.05) is 19.8 Å². The quantitative estimate of drug-likeness (QED) is 0.896. The topological polar surface area (TPSA) is 72.3 Å². The molecular formula is C17H23N5O2S. The number of ether oxygens (including phenoxy) is 1. The molecule has 0 bridgehead atoms. The van der Waals surface area contributed by atoms with Crippen molar-refractivity contribution in [2.45, 2.75) is 25.4 Å². The van der Waals surface area contributed by atoms with Gasteiger partial charge in [-0.2, -0.15) is 0 Å². The van der Waals surface area contributed by atoms with E-state index in [0.717, 1.165) is 36.1 Å². The Balaban J connectivity index is 1.23. The zero-order chi connectivity index (χ0) is 17.4. The van der Waals surface area contributed by atoms with Crippen LogP contribution >= 0.6 is 11.3 Å². The summed E-state index contributed by atoms with van der Waals surface area (Å²) in [6.07, 6.45) is 3.99. The predicted molar refractivity (Wildman–Crippen MR) is 96.0 cm³/mol. The zero-order valence-electron chi connectivity index (χ0n) is 14.6. The number of amides is 1. The van der Waals surface area contributed by atoms with Gasteiger partial charge in [0.1, 0.15) is 16.3 Å². The van der Waals surface area contributed by atoms with Crippen molar-refractivity contribution in [3.05, 3.63) is 29.0 Å². The van der Waals surface area contributed by atoms with Crippen molar-refractivity contribution in [2.24, 2.45) is 13.0 Å². The molecule has 1 unspecified atom stereocenters. The second-order valence-electron chi connectivity index (χ2n) is 7.07. The standard InChI is InChI=1S/C17H23N5O2S/c1-12-19-20-16(25-12)22-10-17(11-22)6-5-13(9-24-17)8-18-15(23)14-4-3-7-21(14)2/h3-4,7,13H,5-6,8-11H2,1-2H3,(H,18,23). The number of anilines is 1. The first-order valence-corrected chi connectivity index (χ1v) is 9.45. The van der Waals surface area contributed by atoms with Crippen LogP contribution in [-0.4, -0.2) is 52.5 Å². The highest BCUT2D eigenvalue weighted by atomic mass is 32.1. The fourth-order valence-electron chi connectivity index (χ4n) is 3.55. The number of aryl methyl sites for hydroxylation is 2. The Kier molecular flexibility index (Phi) is 4.24. The van der Waals surface area contributed by atoms with Gasteiger partial charge in [-0.3, -0.25) is 4.79 Å². The normalized spacial score (nSPS) is 22.0. The molecule has 4 rings (SSSR count). The van der Waals surface area contributed by atoms with Gasteiger partial charge in [-0.1, -0.05) is 11.3 Å². The van der Waals surface area contributed by atoms with Gasteiger partial charge in [-0.15, -0.1) is 10.2 Å². The molecule has 2 fully saturated rings. The highest BCUT2D eigenvalue weighted by Gasteiger charge is 2.47. The molecule has 1 atom stereocenters. The molecule has 0 aliphatic carbocycles. The van der Waals surface area contributed by atoms with Gasteiger partial charge in [-0.05, 0) is 37.8 Å². The molecule has 1 N–H and O–H groups in total. The van der Waals surface area contributed by atoms with Crippen molar-refractivity contribution < 1.29 is 9.53 Å². The van der Waals surface area contributed by atoms with Crippen LogP contribution in [0.3, 0.4) is 0 Å². The summed E-state index contributed by atoms with van der Waals surface area (Å²) in [6, 6.07) is 3.71. The Morgan fingerprint density at radius 2 is 2.32 bits per heavy atom. The van der Waals surface area contributed by atoms with E-state index in [2.05, 4.69) is 20.4 Å². The second-order valence-corrected chi connectivity index (χ2v) is 8.23. The first-order chi connectivity index (χ1) is 12.0. The third-order valence-corrected chi connectivity index (χ3v) is 6.00. The highest BCUT2D eigenvalue weighted by Crippen LogP contribution is 2.39. The molecule has 2 aromatic rings. The van der Waals surface area contributed by atoms with Gasteiger partial charge in [0.25, 0.3) is 5.91 Å². The number of nitrogens with one attached hydrogen (secondary N) is 1. The average Bonchev–Trinajstić information content (AvgIpc) is 3.19. The molecule has 0 aromatic carbocycles. The molecule has 8 heteroatoms. The minimum Gasteiger partial charge on any atom is -0.371 e. The van der Waals surface area contributed by atoms with Gasteiger partial charge in [0.05, 0.1) is 19.7 Å². The van der Waals surface area contributed by atoms with E-state index in [-0.39, 0.29) is 11.5 Å². The van der Waals surface area contributed by atoms with E-state index in [0.29, 0.717) is 24.8 Å². The summed E-state index contributed by atoms with van der Waals surface area (Å²) in [5.41, 5.74) is 0.660. The van der Waals surface area contributed by atoms with E-state index in [9.17, 15) is 4.79 Å². The molecule has 25 heavy (non-hydrogen) atoms. The molecule has 7 nitrogen and oxygen atoms in total. The van der Waals surface area contributed by atoms with Crippen LogP contribution in [0.15, 0.2) is 18.3 Å². The smallest absolute Gasteiger partial charge is 0.267 e. The molecule has 2 aromatic heterocycles. The van der Waals surface area contributed by atoms with E-state index in [4.69, 9.17) is 4.74 Å². The molecule has 2 saturated heterocycles. The van der Waals surface area contributed by atoms with Crippen molar-refractivity contribution in [3.63, 3.8) is 0 Å². The molecule has 1 spiro atoms. The number of nitrogens with zero attached hydrogens (tertiary/aromatic N) is 4. The second kappa shape index (κ2) is 6.42. The Morgan fingerprint density at radius 3 is 2.92 bits per heavy atom. The van der Waals surface area contributed by atoms with Gasteiger partial charge in [-0.25, -0.2) is 0 Å². The molecule has 134 valence electrons. The van der Waals surface area contributed by atoms with E-state index in [1.807, 2.05) is 36.9 Å². The SMILES string of the molecule is Cc1nnc(N2CC3(CCC(CNC(=O)c4cccn4C)CO3)C2)s1. The molecule has 0 radical (unpaired) electrons. The summed E-state index contributed by atoms with van der Waals surface area (Å²) < 4.78 is 8.01. The summed E-state index contributed by atoms with van der Waals surface area (Å²) in [6.45, 7) is 5.13. The number of aromatic nitrogens is 3. The van der Waals surface area contributed by atoms with Gasteiger partial charge < -0.3 is 19.5 Å². The maximum absolute atomic E-state index is 12.2. The molecule has 4 heterocycles. The number of carbonyl (C=O) groups is 1. The molecular weight excluding hydrogens is 338 g/mol. The van der Waals surface area contributed by atoms with Gasteiger partial charge in [0.15, 0.2) is 0 Å². The molecule has 2 aliphatic heterocycles. The fourth-order valence-corrected chi connectivity index (χ4v) is 4.24. The van der Waals surface area contributed by atoms with Crippen LogP contribution in [0.1, 0.15) is 28.3 Å². The van der Waals surface area contributed by atoms with Crippen molar-refractivity contribution in [3.8, 4) is 0 Å². The van der Waals surface area contributed by atoms with Crippen LogP contribution in [-0.2, 0) is 11.8 Å². The van der Waals surface area contributed by atoms with Crippen LogP contribution in [0.25, 0.3) is 0 Å². The van der Waals surface area contributed by atoms with Crippen molar-refractivity contribution >= 4 is 22.4 Å². The summed E-state index contributed by atoms with van der Waals surface area (Å²) in [7, 11) is 1.88. The third-order valence-electron chi connectivity index (χ3n) is 5.11. The van der Waals surface area contributed by atoms with Gasteiger partial charge >= 0.3 is 0 Å². The van der Waals surface area contributed by atoms with Crippen molar-refractivity contribution in [1.29, 1.82) is 0 Å². The van der Waals surface area contributed by atoms with E-state index in [1.165, 1.54) is 0 Å². The summed E-state index contributed by atoms with van der Waals surface area (Å²) in [5.74, 6) is 0.363. The van der Waals surface area contributed by atoms with Crippen molar-refractivity contribution in [1.82, 2.24) is 20.1 Å². The van der Waals surface area contributed by atoms with Crippen LogP contribution in [0.5, 0.6) is 0 Å². The van der Waals surface area contributed by atoms with Crippen LogP contribution < -0.4 is 10.2 Å². The summed E-state index contributed by atoms with van der Waals surface area (Å²) in [5, 5.41) is 13.3. The molecule has 1 amide bonds. The number of hydrogen-bond acceptors (Lipinski definition) is 6. The van der Waals surface area contributed by atoms with Crippen LogP contribution in [0, 0.1) is 12.8 Å². The molecule has 0 saturated carbocycles. The Labute approximate surface area is 151 Å². The van der Waals surface area contributed by atoms with E-state index in [1.54, 1.807) is 11.3 Å². The fraction of sp³-hybridized carbons (Fsp3) is 0.588. The highest BCUT2D eigenvalue weighted by molar-refractivity contribution is 7.15. The number of rotatable bonds is 4. The lowest BCUT2D eigenvalue weighted by atomic mass is 9.83. The minimum atomic E-state index is -0.0296. The minimum absolute atomic E-state index is 0.0192. The maximum Gasteiger partial charge on any atom is 0.267 e. The Hall–Kier alpha value is -1.93.